The van der Waals surface area contributed by atoms with Crippen molar-refractivity contribution in [1.29, 1.82) is 0 Å². The Balaban J connectivity index is 1.14. The van der Waals surface area contributed by atoms with Gasteiger partial charge in [0.25, 0.3) is 5.91 Å². The van der Waals surface area contributed by atoms with Crippen LogP contribution in [-0.2, 0) is 5.75 Å². The third-order valence-electron chi connectivity index (χ3n) is 5.25. The number of fused-ring (bicyclic) bond motifs is 1. The highest BCUT2D eigenvalue weighted by Crippen LogP contribution is 2.31. The van der Waals surface area contributed by atoms with Crippen molar-refractivity contribution in [3.63, 3.8) is 0 Å². The molecule has 6 heteroatoms. The Bertz CT molecular complexity index is 1390. The van der Waals surface area contributed by atoms with Crippen molar-refractivity contribution >= 4 is 45.4 Å². The number of amides is 1. The number of hydrogen-bond acceptors (Lipinski definition) is 5. The number of para-hydroxylation sites is 1. The molecule has 0 radical (unpaired) electrons. The van der Waals surface area contributed by atoms with Crippen molar-refractivity contribution < 1.29 is 4.79 Å². The molecule has 0 spiro atoms. The van der Waals surface area contributed by atoms with E-state index in [-0.39, 0.29) is 5.91 Å². The zero-order valence-electron chi connectivity index (χ0n) is 18.2. The van der Waals surface area contributed by atoms with Crippen LogP contribution in [0, 0.1) is 0 Å². The van der Waals surface area contributed by atoms with Crippen molar-refractivity contribution in [2.45, 2.75) is 10.1 Å². The molecule has 0 aliphatic carbocycles. The van der Waals surface area contributed by atoms with Gasteiger partial charge in [-0.1, -0.05) is 90.6 Å². The third-order valence-corrected chi connectivity index (χ3v) is 7.50. The van der Waals surface area contributed by atoms with Crippen molar-refractivity contribution in [1.82, 2.24) is 10.4 Å². The van der Waals surface area contributed by atoms with E-state index in [1.54, 1.807) is 29.3 Å². The molecule has 0 aliphatic rings. The van der Waals surface area contributed by atoms with Crippen LogP contribution < -0.4 is 5.43 Å². The van der Waals surface area contributed by atoms with E-state index < -0.39 is 0 Å². The molecule has 4 aromatic carbocycles. The first kappa shape index (κ1) is 22.1. The second-order valence-electron chi connectivity index (χ2n) is 7.62. The maximum absolute atomic E-state index is 12.4. The number of hydrogen-bond donors (Lipinski definition) is 1. The van der Waals surface area contributed by atoms with E-state index in [0.29, 0.717) is 5.56 Å². The first-order chi connectivity index (χ1) is 16.7. The fourth-order valence-corrected chi connectivity index (χ4v) is 5.46. The number of hydrazone groups is 1. The smallest absolute Gasteiger partial charge is 0.267 e. The standard InChI is InChI=1S/C28H21N3OS2/c32-27(31-29-18-20-10-14-23(15-11-20)22-6-2-1-3-7-22)24-16-12-21(13-17-24)19-33-28-30-25-8-4-5-9-26(25)34-28/h1-18H,19H2,(H,31,32). The summed E-state index contributed by atoms with van der Waals surface area (Å²) in [6.45, 7) is 0. The Morgan fingerprint density at radius 3 is 2.32 bits per heavy atom. The van der Waals surface area contributed by atoms with Crippen LogP contribution in [0.2, 0.25) is 0 Å². The van der Waals surface area contributed by atoms with Gasteiger partial charge in [0.2, 0.25) is 0 Å². The molecule has 1 heterocycles. The van der Waals surface area contributed by atoms with Gasteiger partial charge in [-0.3, -0.25) is 4.79 Å². The molecule has 1 aromatic heterocycles. The van der Waals surface area contributed by atoms with E-state index in [4.69, 9.17) is 0 Å². The van der Waals surface area contributed by atoms with E-state index in [1.165, 1.54) is 10.3 Å². The number of thioether (sulfide) groups is 1. The fourth-order valence-electron chi connectivity index (χ4n) is 3.43. The second-order valence-corrected chi connectivity index (χ2v) is 9.87. The minimum absolute atomic E-state index is 0.234. The maximum atomic E-state index is 12.4. The number of thiazole rings is 1. The number of nitrogens with one attached hydrogen (secondary N) is 1. The van der Waals surface area contributed by atoms with Gasteiger partial charge in [0.05, 0.1) is 16.4 Å². The molecule has 0 bridgehead atoms. The second kappa shape index (κ2) is 10.5. The summed E-state index contributed by atoms with van der Waals surface area (Å²) < 4.78 is 2.25. The number of benzene rings is 4. The van der Waals surface area contributed by atoms with E-state index in [2.05, 4.69) is 33.7 Å². The maximum Gasteiger partial charge on any atom is 0.271 e. The molecule has 0 unspecified atom stereocenters. The predicted octanol–water partition coefficient (Wildman–Crippen LogP) is 7.02. The summed E-state index contributed by atoms with van der Waals surface area (Å²) in [6.07, 6.45) is 1.65. The molecular formula is C28H21N3OS2. The first-order valence-electron chi connectivity index (χ1n) is 10.8. The SMILES string of the molecule is O=C(NN=Cc1ccc(-c2ccccc2)cc1)c1ccc(CSc2nc3ccccc3s2)cc1. The monoisotopic (exact) mass is 479 g/mol. The van der Waals surface area contributed by atoms with Crippen LogP contribution in [0.1, 0.15) is 21.5 Å². The molecule has 0 aliphatic heterocycles. The summed E-state index contributed by atoms with van der Waals surface area (Å²) in [6, 6.07) is 34.0. The molecule has 1 N–H and O–H groups in total. The fraction of sp³-hybridized carbons (Fsp3) is 0.0357. The Morgan fingerprint density at radius 1 is 0.853 bits per heavy atom. The lowest BCUT2D eigenvalue weighted by Crippen LogP contribution is -2.17. The number of nitrogens with zero attached hydrogens (tertiary/aromatic N) is 2. The highest BCUT2D eigenvalue weighted by molar-refractivity contribution is 8.00. The normalized spacial score (nSPS) is 11.2. The van der Waals surface area contributed by atoms with Crippen LogP contribution in [-0.4, -0.2) is 17.1 Å². The number of carbonyl (C=O) groups excluding carboxylic acids is 1. The summed E-state index contributed by atoms with van der Waals surface area (Å²) in [5, 5.41) is 4.10. The average molecular weight is 480 g/mol. The molecular weight excluding hydrogens is 458 g/mol. The van der Waals surface area contributed by atoms with Crippen molar-refractivity contribution in [3.8, 4) is 11.1 Å². The van der Waals surface area contributed by atoms with Gasteiger partial charge in [-0.25, -0.2) is 10.4 Å². The Hall–Kier alpha value is -3.74. The number of rotatable bonds is 7. The molecule has 34 heavy (non-hydrogen) atoms. The van der Waals surface area contributed by atoms with E-state index in [1.807, 2.05) is 84.9 Å². The molecule has 5 rings (SSSR count). The Labute approximate surface area is 206 Å². The molecule has 0 atom stereocenters. The zero-order chi connectivity index (χ0) is 23.2. The van der Waals surface area contributed by atoms with Gasteiger partial charge < -0.3 is 0 Å². The number of carbonyl (C=O) groups is 1. The summed E-state index contributed by atoms with van der Waals surface area (Å²) in [4.78, 5) is 17.1. The van der Waals surface area contributed by atoms with Gasteiger partial charge >= 0.3 is 0 Å². The van der Waals surface area contributed by atoms with Crippen LogP contribution in [0.25, 0.3) is 21.3 Å². The van der Waals surface area contributed by atoms with Gasteiger partial charge in [-0.2, -0.15) is 5.10 Å². The molecule has 5 aromatic rings. The number of aromatic nitrogens is 1. The van der Waals surface area contributed by atoms with E-state index in [0.717, 1.165) is 32.3 Å². The molecule has 166 valence electrons. The molecule has 0 saturated carbocycles. The lowest BCUT2D eigenvalue weighted by Gasteiger charge is -2.03. The Kier molecular flexibility index (Phi) is 6.79. The van der Waals surface area contributed by atoms with Gasteiger partial charge in [0.15, 0.2) is 4.34 Å². The minimum Gasteiger partial charge on any atom is -0.267 e. The van der Waals surface area contributed by atoms with Crippen LogP contribution in [0.15, 0.2) is 113 Å². The summed E-state index contributed by atoms with van der Waals surface area (Å²) in [5.41, 5.74) is 8.58. The summed E-state index contributed by atoms with van der Waals surface area (Å²) in [5.74, 6) is 0.571. The average Bonchev–Trinajstić information content (AvgIpc) is 3.32. The Morgan fingerprint density at radius 2 is 1.56 bits per heavy atom. The van der Waals surface area contributed by atoms with Crippen molar-refractivity contribution in [2.24, 2.45) is 5.10 Å². The lowest BCUT2D eigenvalue weighted by atomic mass is 10.0. The largest absolute Gasteiger partial charge is 0.271 e. The molecule has 1 amide bonds. The molecule has 0 saturated heterocycles. The van der Waals surface area contributed by atoms with E-state index in [9.17, 15) is 4.79 Å². The van der Waals surface area contributed by atoms with Gasteiger partial charge in [-0.15, -0.1) is 11.3 Å². The van der Waals surface area contributed by atoms with Crippen molar-refractivity contribution in [3.05, 3.63) is 120 Å². The predicted molar refractivity (Wildman–Crippen MR) is 143 cm³/mol. The van der Waals surface area contributed by atoms with Gasteiger partial charge in [-0.05, 0) is 46.5 Å². The summed E-state index contributed by atoms with van der Waals surface area (Å²) >= 11 is 3.41. The van der Waals surface area contributed by atoms with E-state index >= 15 is 0 Å². The quantitative estimate of drug-likeness (QED) is 0.155. The highest BCUT2D eigenvalue weighted by atomic mass is 32.2. The summed E-state index contributed by atoms with van der Waals surface area (Å²) in [7, 11) is 0. The zero-order valence-corrected chi connectivity index (χ0v) is 19.9. The van der Waals surface area contributed by atoms with Crippen LogP contribution in [0.4, 0.5) is 0 Å². The molecule has 0 fully saturated rings. The van der Waals surface area contributed by atoms with Crippen LogP contribution >= 0.6 is 23.1 Å². The van der Waals surface area contributed by atoms with Gasteiger partial charge in [0.1, 0.15) is 0 Å². The third kappa shape index (κ3) is 5.42. The van der Waals surface area contributed by atoms with Crippen LogP contribution in [0.5, 0.6) is 0 Å². The molecule has 4 nitrogen and oxygen atoms in total. The van der Waals surface area contributed by atoms with Gasteiger partial charge in [0, 0.05) is 11.3 Å². The topological polar surface area (TPSA) is 54.4 Å². The van der Waals surface area contributed by atoms with Crippen molar-refractivity contribution in [2.75, 3.05) is 0 Å². The highest BCUT2D eigenvalue weighted by Gasteiger charge is 2.07. The minimum atomic E-state index is -0.234. The lowest BCUT2D eigenvalue weighted by molar-refractivity contribution is 0.0955. The van der Waals surface area contributed by atoms with Crippen LogP contribution in [0.3, 0.4) is 0 Å². The first-order valence-corrected chi connectivity index (χ1v) is 12.6.